The molecule has 0 atom stereocenters. The molecule has 0 radical (unpaired) electrons. The summed E-state index contributed by atoms with van der Waals surface area (Å²) in [6, 6.07) is 6.62. The smallest absolute Gasteiger partial charge is 0.268 e. The fourth-order valence-corrected chi connectivity index (χ4v) is 3.30. The quantitative estimate of drug-likeness (QED) is 0.667. The van der Waals surface area contributed by atoms with Gasteiger partial charge in [0.15, 0.2) is 0 Å². The van der Waals surface area contributed by atoms with E-state index in [1.807, 2.05) is 4.72 Å². The van der Waals surface area contributed by atoms with Gasteiger partial charge in [-0.25, -0.2) is 13.1 Å². The van der Waals surface area contributed by atoms with Gasteiger partial charge in [0.25, 0.3) is 11.6 Å². The molecule has 0 unspecified atom stereocenters. The fraction of sp³-hybridized carbons (Fsp3) is 0.0833. The number of rotatable bonds is 5. The van der Waals surface area contributed by atoms with Gasteiger partial charge >= 0.3 is 0 Å². The second kappa shape index (κ2) is 6.02. The lowest BCUT2D eigenvalue weighted by Crippen LogP contribution is -2.31. The number of sulfonamides is 1. The average Bonchev–Trinajstić information content (AvgIpc) is 2.92. The number of nitro groups is 1. The number of nitrogens with zero attached hydrogens (tertiary/aromatic N) is 1. The van der Waals surface area contributed by atoms with Crippen molar-refractivity contribution >= 4 is 33.0 Å². The number of non-ortho nitro benzene ring substituents is 1. The van der Waals surface area contributed by atoms with E-state index in [1.54, 1.807) is 5.38 Å². The van der Waals surface area contributed by atoms with Crippen molar-refractivity contribution in [3.8, 4) is 0 Å². The molecule has 7 nitrogen and oxygen atoms in total. The summed E-state index contributed by atoms with van der Waals surface area (Å²) < 4.78 is 25.7. The third-order valence-electron chi connectivity index (χ3n) is 2.54. The average molecular weight is 326 g/mol. The highest BCUT2D eigenvalue weighted by atomic mass is 32.2. The van der Waals surface area contributed by atoms with Crippen LogP contribution in [0.4, 0.5) is 5.69 Å². The van der Waals surface area contributed by atoms with Crippen LogP contribution in [0.5, 0.6) is 0 Å². The highest BCUT2D eigenvalue weighted by molar-refractivity contribution is 7.89. The molecule has 0 fully saturated rings. The number of hydrogen-bond donors (Lipinski definition) is 1. The van der Waals surface area contributed by atoms with Crippen LogP contribution in [-0.4, -0.2) is 19.2 Å². The van der Waals surface area contributed by atoms with Crippen molar-refractivity contribution in [2.24, 2.45) is 0 Å². The maximum atomic E-state index is 11.9. The molecule has 110 valence electrons. The van der Waals surface area contributed by atoms with E-state index >= 15 is 0 Å². The van der Waals surface area contributed by atoms with Crippen molar-refractivity contribution in [3.63, 3.8) is 0 Å². The Morgan fingerprint density at radius 1 is 1.24 bits per heavy atom. The van der Waals surface area contributed by atoms with Gasteiger partial charge < -0.3 is 0 Å². The third kappa shape index (κ3) is 4.10. The van der Waals surface area contributed by atoms with E-state index in [9.17, 15) is 23.3 Å². The monoisotopic (exact) mass is 326 g/mol. The molecule has 1 heterocycles. The van der Waals surface area contributed by atoms with Gasteiger partial charge in [-0.3, -0.25) is 14.9 Å². The molecule has 0 saturated heterocycles. The van der Waals surface area contributed by atoms with Crippen molar-refractivity contribution in [1.29, 1.82) is 0 Å². The van der Waals surface area contributed by atoms with Gasteiger partial charge in [0.05, 0.1) is 16.2 Å². The van der Waals surface area contributed by atoms with E-state index in [1.165, 1.54) is 47.0 Å². The Hall–Kier alpha value is -2.26. The molecule has 1 amide bonds. The molecule has 21 heavy (non-hydrogen) atoms. The number of amides is 1. The first-order valence-corrected chi connectivity index (χ1v) is 8.27. The second-order valence-electron chi connectivity index (χ2n) is 4.13. The number of nitro benzene ring substituents is 1. The minimum absolute atomic E-state index is 0.126. The molecule has 0 aliphatic rings. The zero-order valence-electron chi connectivity index (χ0n) is 10.6. The molecule has 1 aromatic carbocycles. The summed E-state index contributed by atoms with van der Waals surface area (Å²) in [4.78, 5) is 21.6. The lowest BCUT2D eigenvalue weighted by atomic mass is 10.2. The molecule has 2 aromatic rings. The number of thiophene rings is 1. The molecule has 0 spiro atoms. The van der Waals surface area contributed by atoms with E-state index in [4.69, 9.17) is 0 Å². The maximum absolute atomic E-state index is 11.9. The summed E-state index contributed by atoms with van der Waals surface area (Å²) in [7, 11) is -3.86. The van der Waals surface area contributed by atoms with Crippen LogP contribution in [0.3, 0.4) is 0 Å². The summed E-state index contributed by atoms with van der Waals surface area (Å²) in [5.41, 5.74) is 0.497. The van der Waals surface area contributed by atoms with Gasteiger partial charge in [-0.05, 0) is 17.0 Å². The molecule has 0 aliphatic carbocycles. The molecule has 0 saturated carbocycles. The van der Waals surface area contributed by atoms with E-state index in [-0.39, 0.29) is 11.3 Å². The fourth-order valence-electron chi connectivity index (χ4n) is 1.56. The highest BCUT2D eigenvalue weighted by Crippen LogP contribution is 2.14. The summed E-state index contributed by atoms with van der Waals surface area (Å²) in [6.07, 6.45) is 0. The molecule has 2 rings (SSSR count). The van der Waals surface area contributed by atoms with E-state index in [0.717, 1.165) is 0 Å². The van der Waals surface area contributed by atoms with Gasteiger partial charge in [0.1, 0.15) is 0 Å². The zero-order valence-corrected chi connectivity index (χ0v) is 12.2. The van der Waals surface area contributed by atoms with Crippen molar-refractivity contribution in [2.75, 3.05) is 0 Å². The van der Waals surface area contributed by atoms with Gasteiger partial charge in [0, 0.05) is 17.5 Å². The predicted molar refractivity (Wildman–Crippen MR) is 77.5 cm³/mol. The number of benzene rings is 1. The molecule has 0 bridgehead atoms. The maximum Gasteiger partial charge on any atom is 0.269 e. The molecular weight excluding hydrogens is 316 g/mol. The SMILES string of the molecule is O=C(NS(=O)(=O)Cc1ccc([N+](=O)[O-])cc1)c1ccsc1. The summed E-state index contributed by atoms with van der Waals surface area (Å²) in [5.74, 6) is -1.13. The standard InChI is InChI=1S/C12H10N2O5S2/c15-12(10-5-6-20-7-10)13-21(18,19)8-9-1-3-11(4-2-9)14(16)17/h1-7H,8H2,(H,13,15). The van der Waals surface area contributed by atoms with Crippen LogP contribution in [0.1, 0.15) is 15.9 Å². The number of hydrogen-bond acceptors (Lipinski definition) is 6. The van der Waals surface area contributed by atoms with Crippen LogP contribution in [-0.2, 0) is 15.8 Å². The van der Waals surface area contributed by atoms with Crippen LogP contribution in [0, 0.1) is 10.1 Å². The van der Waals surface area contributed by atoms with Crippen molar-refractivity contribution in [1.82, 2.24) is 4.72 Å². The lowest BCUT2D eigenvalue weighted by molar-refractivity contribution is -0.384. The highest BCUT2D eigenvalue weighted by Gasteiger charge is 2.17. The predicted octanol–water partition coefficient (Wildman–Crippen LogP) is 1.92. The molecule has 1 N–H and O–H groups in total. The Balaban J connectivity index is 2.07. The van der Waals surface area contributed by atoms with Crippen LogP contribution in [0.15, 0.2) is 41.1 Å². The summed E-state index contributed by atoms with van der Waals surface area (Å²) in [5, 5.41) is 13.7. The van der Waals surface area contributed by atoms with Gasteiger partial charge in [-0.1, -0.05) is 12.1 Å². The Bertz CT molecular complexity index is 751. The minimum Gasteiger partial charge on any atom is -0.268 e. The van der Waals surface area contributed by atoms with Gasteiger partial charge in [-0.2, -0.15) is 11.3 Å². The first-order chi connectivity index (χ1) is 9.87. The number of carbonyl (C=O) groups is 1. The largest absolute Gasteiger partial charge is 0.269 e. The molecular formula is C12H10N2O5S2. The van der Waals surface area contributed by atoms with Gasteiger partial charge in [0.2, 0.25) is 10.0 Å². The van der Waals surface area contributed by atoms with Crippen LogP contribution >= 0.6 is 11.3 Å². The topological polar surface area (TPSA) is 106 Å². The molecule has 0 aliphatic heterocycles. The van der Waals surface area contributed by atoms with E-state index in [0.29, 0.717) is 5.56 Å². The van der Waals surface area contributed by atoms with Crippen molar-refractivity contribution in [2.45, 2.75) is 5.75 Å². The first kappa shape index (κ1) is 15.1. The first-order valence-electron chi connectivity index (χ1n) is 5.68. The zero-order chi connectivity index (χ0) is 15.5. The Morgan fingerprint density at radius 3 is 2.43 bits per heavy atom. The van der Waals surface area contributed by atoms with Crippen molar-refractivity contribution in [3.05, 3.63) is 62.3 Å². The minimum atomic E-state index is -3.86. The molecule has 1 aromatic heterocycles. The Labute approximate surface area is 124 Å². The lowest BCUT2D eigenvalue weighted by Gasteiger charge is -2.06. The van der Waals surface area contributed by atoms with E-state index in [2.05, 4.69) is 0 Å². The van der Waals surface area contributed by atoms with Crippen LogP contribution in [0.25, 0.3) is 0 Å². The van der Waals surface area contributed by atoms with Crippen molar-refractivity contribution < 1.29 is 18.1 Å². The summed E-state index contributed by atoms with van der Waals surface area (Å²) in [6.45, 7) is 0. The van der Waals surface area contributed by atoms with Crippen LogP contribution in [0.2, 0.25) is 0 Å². The Morgan fingerprint density at radius 2 is 1.90 bits per heavy atom. The Kier molecular flexibility index (Phi) is 4.34. The molecule has 9 heteroatoms. The number of nitrogens with one attached hydrogen (secondary N) is 1. The van der Waals surface area contributed by atoms with Gasteiger partial charge in [-0.15, -0.1) is 0 Å². The summed E-state index contributed by atoms with van der Waals surface area (Å²) >= 11 is 1.28. The third-order valence-corrected chi connectivity index (χ3v) is 4.43. The van der Waals surface area contributed by atoms with E-state index < -0.39 is 26.6 Å². The second-order valence-corrected chi connectivity index (χ2v) is 6.63. The van der Waals surface area contributed by atoms with Crippen LogP contribution < -0.4 is 4.72 Å². The normalized spacial score (nSPS) is 11.0. The number of carbonyl (C=O) groups excluding carboxylic acids is 1.